The van der Waals surface area contributed by atoms with Crippen LogP contribution in [-0.2, 0) is 16.1 Å². The van der Waals surface area contributed by atoms with Crippen LogP contribution < -0.4 is 10.1 Å². The lowest BCUT2D eigenvalue weighted by molar-refractivity contribution is 0.00755. The van der Waals surface area contributed by atoms with Crippen LogP contribution in [0.1, 0.15) is 28.2 Å². The summed E-state index contributed by atoms with van der Waals surface area (Å²) in [6, 6.07) is 6.70. The average Bonchev–Trinajstić information content (AvgIpc) is 3.09. The molecule has 0 radical (unpaired) electrons. The predicted octanol–water partition coefficient (Wildman–Crippen LogP) is 1.10. The number of hydrogen-bond donors (Lipinski definition) is 1. The molecule has 2 heterocycles. The zero-order chi connectivity index (χ0) is 16.1. The summed E-state index contributed by atoms with van der Waals surface area (Å²) >= 11 is 0. The second-order valence-corrected chi connectivity index (χ2v) is 4.92. The van der Waals surface area contributed by atoms with Gasteiger partial charge in [-0.25, -0.2) is 4.79 Å². The van der Waals surface area contributed by atoms with E-state index in [-0.39, 0.29) is 12.7 Å². The van der Waals surface area contributed by atoms with E-state index in [0.717, 1.165) is 6.54 Å². The summed E-state index contributed by atoms with van der Waals surface area (Å²) in [5, 5.41) is 7.06. The van der Waals surface area contributed by atoms with Crippen LogP contribution in [0.2, 0.25) is 0 Å². The zero-order valence-corrected chi connectivity index (χ0v) is 12.7. The van der Waals surface area contributed by atoms with Gasteiger partial charge in [0.2, 0.25) is 5.82 Å². The molecule has 3 rings (SSSR count). The smallest absolute Gasteiger partial charge is 0.337 e. The van der Waals surface area contributed by atoms with Gasteiger partial charge in [-0.1, -0.05) is 11.2 Å². The fourth-order valence-corrected chi connectivity index (χ4v) is 2.16. The molecule has 1 fully saturated rings. The van der Waals surface area contributed by atoms with Crippen molar-refractivity contribution < 1.29 is 23.5 Å². The second-order valence-electron chi connectivity index (χ2n) is 4.92. The standard InChI is InChI=1S/C15H17N3O5/c1-20-15(19)10-3-2-4-11(7-10)22-9-13-17-14(23-18-13)12-8-16-5-6-21-12/h2-4,7,12,16H,5-6,8-9H2,1H3/t12-/m1/s1. The molecule has 8 nitrogen and oxygen atoms in total. The van der Waals surface area contributed by atoms with Gasteiger partial charge in [0.05, 0.1) is 19.3 Å². The fraction of sp³-hybridized carbons (Fsp3) is 0.400. The number of carbonyl (C=O) groups is 1. The molecule has 2 aromatic rings. The van der Waals surface area contributed by atoms with Crippen molar-refractivity contribution in [2.75, 3.05) is 26.8 Å². The Hall–Kier alpha value is -2.45. The topological polar surface area (TPSA) is 95.7 Å². The molecular weight excluding hydrogens is 302 g/mol. The summed E-state index contributed by atoms with van der Waals surface area (Å²) < 4.78 is 21.0. The molecule has 0 aliphatic carbocycles. The Morgan fingerprint density at radius 3 is 3.17 bits per heavy atom. The highest BCUT2D eigenvalue weighted by molar-refractivity contribution is 5.89. The van der Waals surface area contributed by atoms with Gasteiger partial charge in [0, 0.05) is 13.1 Å². The van der Waals surface area contributed by atoms with Gasteiger partial charge >= 0.3 is 5.97 Å². The number of esters is 1. The summed E-state index contributed by atoms with van der Waals surface area (Å²) in [6.45, 7) is 2.20. The lowest BCUT2D eigenvalue weighted by Gasteiger charge is -2.19. The van der Waals surface area contributed by atoms with E-state index in [4.69, 9.17) is 14.0 Å². The molecular formula is C15H17N3O5. The molecule has 1 aliphatic rings. The highest BCUT2D eigenvalue weighted by atomic mass is 16.5. The largest absolute Gasteiger partial charge is 0.485 e. The van der Waals surface area contributed by atoms with E-state index in [1.165, 1.54) is 7.11 Å². The number of rotatable bonds is 5. The third kappa shape index (κ3) is 3.85. The number of benzene rings is 1. The van der Waals surface area contributed by atoms with Gasteiger partial charge in [0.1, 0.15) is 11.9 Å². The molecule has 122 valence electrons. The number of aromatic nitrogens is 2. The minimum Gasteiger partial charge on any atom is -0.485 e. The maximum absolute atomic E-state index is 11.5. The van der Waals surface area contributed by atoms with Crippen molar-refractivity contribution in [3.63, 3.8) is 0 Å². The second kappa shape index (κ2) is 7.21. The Bertz CT molecular complexity index is 667. The molecule has 0 saturated carbocycles. The van der Waals surface area contributed by atoms with E-state index in [0.29, 0.717) is 36.2 Å². The summed E-state index contributed by atoms with van der Waals surface area (Å²) in [4.78, 5) is 15.7. The fourth-order valence-electron chi connectivity index (χ4n) is 2.16. The van der Waals surface area contributed by atoms with Crippen molar-refractivity contribution in [3.8, 4) is 5.75 Å². The summed E-state index contributed by atoms with van der Waals surface area (Å²) in [7, 11) is 1.33. The number of ether oxygens (including phenoxy) is 3. The van der Waals surface area contributed by atoms with Crippen molar-refractivity contribution in [2.24, 2.45) is 0 Å². The Morgan fingerprint density at radius 1 is 1.48 bits per heavy atom. The van der Waals surface area contributed by atoms with Crippen LogP contribution in [0.25, 0.3) is 0 Å². The Morgan fingerprint density at radius 2 is 2.39 bits per heavy atom. The van der Waals surface area contributed by atoms with E-state index < -0.39 is 5.97 Å². The Labute approximate surface area is 132 Å². The normalized spacial score (nSPS) is 17.7. The third-order valence-electron chi connectivity index (χ3n) is 3.31. The first-order valence-corrected chi connectivity index (χ1v) is 7.22. The van der Waals surface area contributed by atoms with E-state index >= 15 is 0 Å². The molecule has 1 atom stereocenters. The van der Waals surface area contributed by atoms with Crippen molar-refractivity contribution in [1.29, 1.82) is 0 Å². The number of methoxy groups -OCH3 is 1. The molecule has 1 aliphatic heterocycles. The lowest BCUT2D eigenvalue weighted by atomic mass is 10.2. The van der Waals surface area contributed by atoms with Gasteiger partial charge in [-0.15, -0.1) is 0 Å². The highest BCUT2D eigenvalue weighted by Crippen LogP contribution is 2.18. The maximum Gasteiger partial charge on any atom is 0.337 e. The average molecular weight is 319 g/mol. The molecule has 1 aromatic carbocycles. The minimum atomic E-state index is -0.417. The first-order valence-electron chi connectivity index (χ1n) is 7.22. The monoisotopic (exact) mass is 319 g/mol. The van der Waals surface area contributed by atoms with E-state index in [1.807, 2.05) is 0 Å². The van der Waals surface area contributed by atoms with Crippen LogP contribution in [0.15, 0.2) is 28.8 Å². The Balaban J connectivity index is 1.60. The van der Waals surface area contributed by atoms with Gasteiger partial charge in [0.15, 0.2) is 6.61 Å². The van der Waals surface area contributed by atoms with Crippen LogP contribution in [0.5, 0.6) is 5.75 Å². The van der Waals surface area contributed by atoms with Crippen molar-refractivity contribution >= 4 is 5.97 Å². The van der Waals surface area contributed by atoms with Gasteiger partial charge in [-0.05, 0) is 18.2 Å². The van der Waals surface area contributed by atoms with Gasteiger partial charge < -0.3 is 24.1 Å². The van der Waals surface area contributed by atoms with Gasteiger partial charge in [0.25, 0.3) is 5.89 Å². The highest BCUT2D eigenvalue weighted by Gasteiger charge is 2.22. The van der Waals surface area contributed by atoms with Crippen molar-refractivity contribution in [2.45, 2.75) is 12.7 Å². The molecule has 1 aromatic heterocycles. The maximum atomic E-state index is 11.5. The summed E-state index contributed by atoms with van der Waals surface area (Å²) in [5.41, 5.74) is 0.417. The quantitative estimate of drug-likeness (QED) is 0.818. The van der Waals surface area contributed by atoms with Crippen LogP contribution in [-0.4, -0.2) is 42.9 Å². The lowest BCUT2D eigenvalue weighted by Crippen LogP contribution is -2.33. The summed E-state index contributed by atoms with van der Waals surface area (Å²) in [6.07, 6.45) is -0.229. The van der Waals surface area contributed by atoms with E-state index in [2.05, 4.69) is 20.2 Å². The zero-order valence-electron chi connectivity index (χ0n) is 12.7. The molecule has 23 heavy (non-hydrogen) atoms. The molecule has 0 bridgehead atoms. The number of hydrogen-bond acceptors (Lipinski definition) is 8. The van der Waals surface area contributed by atoms with E-state index in [9.17, 15) is 4.79 Å². The number of nitrogens with one attached hydrogen (secondary N) is 1. The number of morpholine rings is 1. The molecule has 1 N–H and O–H groups in total. The minimum absolute atomic E-state index is 0.133. The van der Waals surface area contributed by atoms with Crippen LogP contribution in [0.3, 0.4) is 0 Å². The molecule has 0 spiro atoms. The van der Waals surface area contributed by atoms with Crippen molar-refractivity contribution in [1.82, 2.24) is 15.5 Å². The summed E-state index contributed by atoms with van der Waals surface area (Å²) in [5.74, 6) is 0.950. The molecule has 0 unspecified atom stereocenters. The predicted molar refractivity (Wildman–Crippen MR) is 78.0 cm³/mol. The molecule has 0 amide bonds. The first kappa shape index (κ1) is 15.4. The van der Waals surface area contributed by atoms with Crippen LogP contribution >= 0.6 is 0 Å². The SMILES string of the molecule is COC(=O)c1cccc(OCc2noc([C@H]3CNCCO3)n2)c1. The van der Waals surface area contributed by atoms with Crippen LogP contribution in [0, 0.1) is 0 Å². The van der Waals surface area contributed by atoms with E-state index in [1.54, 1.807) is 24.3 Å². The van der Waals surface area contributed by atoms with Gasteiger partial charge in [-0.2, -0.15) is 4.98 Å². The molecule has 8 heteroatoms. The first-order chi connectivity index (χ1) is 11.3. The number of carbonyl (C=O) groups excluding carboxylic acids is 1. The number of nitrogens with zero attached hydrogens (tertiary/aromatic N) is 2. The Kier molecular flexibility index (Phi) is 4.84. The van der Waals surface area contributed by atoms with Crippen molar-refractivity contribution in [3.05, 3.63) is 41.5 Å². The molecule has 1 saturated heterocycles. The van der Waals surface area contributed by atoms with Gasteiger partial charge in [-0.3, -0.25) is 0 Å². The van der Waals surface area contributed by atoms with Crippen LogP contribution in [0.4, 0.5) is 0 Å². The third-order valence-corrected chi connectivity index (χ3v) is 3.31.